The lowest BCUT2D eigenvalue weighted by atomic mass is 10.2. The molecule has 1 aliphatic heterocycles. The van der Waals surface area contributed by atoms with Crippen molar-refractivity contribution in [3.8, 4) is 0 Å². The Morgan fingerprint density at radius 3 is 3.06 bits per heavy atom. The highest BCUT2D eigenvalue weighted by molar-refractivity contribution is 6.43. The van der Waals surface area contributed by atoms with Crippen molar-refractivity contribution in [1.82, 2.24) is 4.90 Å². The molecule has 5 heteroatoms. The minimum absolute atomic E-state index is 0.0935. The van der Waals surface area contributed by atoms with E-state index >= 15 is 0 Å². The fraction of sp³-hybridized carbons (Fsp3) is 0.167. The second-order valence-corrected chi connectivity index (χ2v) is 3.89. The van der Waals surface area contributed by atoms with E-state index in [4.69, 9.17) is 16.0 Å². The van der Waals surface area contributed by atoms with Crippen molar-refractivity contribution in [2.45, 2.75) is 6.42 Å². The first-order valence-electron chi connectivity index (χ1n) is 5.11. The van der Waals surface area contributed by atoms with Gasteiger partial charge in [0.15, 0.2) is 0 Å². The van der Waals surface area contributed by atoms with Crippen LogP contribution in [0.5, 0.6) is 0 Å². The largest absolute Gasteiger partial charge is 0.465 e. The molecule has 88 valence electrons. The third-order valence-electron chi connectivity index (χ3n) is 2.33. The Bertz CT molecular complexity index is 488. The van der Waals surface area contributed by atoms with E-state index in [0.29, 0.717) is 18.7 Å². The highest BCUT2D eigenvalue weighted by atomic mass is 35.5. The predicted octanol–water partition coefficient (Wildman–Crippen LogP) is 2.17. The van der Waals surface area contributed by atoms with E-state index in [1.54, 1.807) is 18.2 Å². The second-order valence-electron chi connectivity index (χ2n) is 3.48. The second kappa shape index (κ2) is 5.01. The number of furan rings is 1. The zero-order chi connectivity index (χ0) is 12.3. The maximum absolute atomic E-state index is 11.7. The summed E-state index contributed by atoms with van der Waals surface area (Å²) in [6.45, 7) is 0.358. The summed E-state index contributed by atoms with van der Waals surface area (Å²) >= 11 is 5.68. The SMILES string of the molecule is O=C(/C=C/c1ccco1)N1CCC=C(Cl)C1=O. The van der Waals surface area contributed by atoms with Gasteiger partial charge in [0, 0.05) is 12.6 Å². The fourth-order valence-electron chi connectivity index (χ4n) is 1.48. The van der Waals surface area contributed by atoms with Crippen LogP contribution in [0.1, 0.15) is 12.2 Å². The molecular weight excluding hydrogens is 242 g/mol. The van der Waals surface area contributed by atoms with Crippen molar-refractivity contribution in [1.29, 1.82) is 0 Å². The molecule has 4 nitrogen and oxygen atoms in total. The molecule has 0 fully saturated rings. The summed E-state index contributed by atoms with van der Waals surface area (Å²) in [5.74, 6) is -0.283. The molecule has 2 rings (SSSR count). The minimum atomic E-state index is -0.452. The van der Waals surface area contributed by atoms with Crippen LogP contribution in [0, 0.1) is 0 Å². The van der Waals surface area contributed by atoms with Crippen LogP contribution in [0.25, 0.3) is 6.08 Å². The van der Waals surface area contributed by atoms with Crippen molar-refractivity contribution in [2.24, 2.45) is 0 Å². The number of rotatable bonds is 2. The van der Waals surface area contributed by atoms with Gasteiger partial charge in [0.25, 0.3) is 11.8 Å². The summed E-state index contributed by atoms with van der Waals surface area (Å²) < 4.78 is 5.04. The van der Waals surface area contributed by atoms with Gasteiger partial charge in [-0.2, -0.15) is 0 Å². The Hall–Kier alpha value is -1.81. The van der Waals surface area contributed by atoms with Gasteiger partial charge in [0.05, 0.1) is 6.26 Å². The Labute approximate surface area is 103 Å². The topological polar surface area (TPSA) is 50.5 Å². The van der Waals surface area contributed by atoms with Gasteiger partial charge in [-0.1, -0.05) is 17.7 Å². The van der Waals surface area contributed by atoms with E-state index in [-0.39, 0.29) is 5.03 Å². The van der Waals surface area contributed by atoms with Gasteiger partial charge >= 0.3 is 0 Å². The number of halogens is 1. The van der Waals surface area contributed by atoms with Crippen LogP contribution in [0.2, 0.25) is 0 Å². The van der Waals surface area contributed by atoms with E-state index in [1.165, 1.54) is 18.4 Å². The zero-order valence-electron chi connectivity index (χ0n) is 8.93. The quantitative estimate of drug-likeness (QED) is 0.757. The Kier molecular flexibility index (Phi) is 3.44. The van der Waals surface area contributed by atoms with E-state index in [1.807, 2.05) is 0 Å². The number of carbonyl (C=O) groups excluding carboxylic acids is 2. The van der Waals surface area contributed by atoms with Gasteiger partial charge < -0.3 is 4.42 Å². The molecule has 0 unspecified atom stereocenters. The highest BCUT2D eigenvalue weighted by Gasteiger charge is 2.24. The van der Waals surface area contributed by atoms with Crippen LogP contribution in [-0.4, -0.2) is 23.3 Å². The molecule has 0 radical (unpaired) electrons. The molecule has 1 aliphatic rings. The maximum atomic E-state index is 11.7. The smallest absolute Gasteiger partial charge is 0.271 e. The first kappa shape index (κ1) is 11.7. The minimum Gasteiger partial charge on any atom is -0.465 e. The van der Waals surface area contributed by atoms with Crippen molar-refractivity contribution in [2.75, 3.05) is 6.54 Å². The van der Waals surface area contributed by atoms with Crippen LogP contribution in [0.15, 0.2) is 40.0 Å². The molecule has 1 aromatic heterocycles. The van der Waals surface area contributed by atoms with E-state index in [0.717, 1.165) is 4.90 Å². The van der Waals surface area contributed by atoms with Gasteiger partial charge in [-0.3, -0.25) is 14.5 Å². The normalized spacial score (nSPS) is 16.4. The van der Waals surface area contributed by atoms with Crippen LogP contribution in [0.4, 0.5) is 0 Å². The molecule has 2 amide bonds. The standard InChI is InChI=1S/C12H10ClNO3/c13-10-4-1-7-14(12(10)16)11(15)6-5-9-3-2-8-17-9/h2-6,8H,1,7H2/b6-5+. The summed E-state index contributed by atoms with van der Waals surface area (Å²) in [4.78, 5) is 24.4. The van der Waals surface area contributed by atoms with Gasteiger partial charge in [-0.05, 0) is 24.6 Å². The third kappa shape index (κ3) is 2.65. The van der Waals surface area contributed by atoms with Crippen LogP contribution < -0.4 is 0 Å². The first-order chi connectivity index (χ1) is 8.18. The molecule has 0 aliphatic carbocycles. The number of hydrogen-bond acceptors (Lipinski definition) is 3. The number of amides is 2. The Morgan fingerprint density at radius 1 is 1.53 bits per heavy atom. The predicted molar refractivity (Wildman–Crippen MR) is 63.0 cm³/mol. The lowest BCUT2D eigenvalue weighted by Gasteiger charge is -2.21. The van der Waals surface area contributed by atoms with Gasteiger partial charge in [0.2, 0.25) is 0 Å². The zero-order valence-corrected chi connectivity index (χ0v) is 9.68. The van der Waals surface area contributed by atoms with Crippen molar-refractivity contribution in [3.05, 3.63) is 41.3 Å². The molecule has 0 N–H and O–H groups in total. The van der Waals surface area contributed by atoms with Crippen molar-refractivity contribution >= 4 is 29.5 Å². The number of imide groups is 1. The molecule has 1 aromatic rings. The fourth-order valence-corrected chi connectivity index (χ4v) is 1.69. The van der Waals surface area contributed by atoms with Crippen LogP contribution >= 0.6 is 11.6 Å². The summed E-state index contributed by atoms with van der Waals surface area (Å²) in [6, 6.07) is 3.44. The van der Waals surface area contributed by atoms with Crippen molar-refractivity contribution < 1.29 is 14.0 Å². The average Bonchev–Trinajstić information content (AvgIpc) is 2.82. The monoisotopic (exact) mass is 251 g/mol. The highest BCUT2D eigenvalue weighted by Crippen LogP contribution is 2.15. The summed E-state index contributed by atoms with van der Waals surface area (Å²) in [5.41, 5.74) is 0. The summed E-state index contributed by atoms with van der Waals surface area (Å²) in [7, 11) is 0. The molecular formula is C12H10ClNO3. The van der Waals surface area contributed by atoms with Gasteiger partial charge in [-0.15, -0.1) is 0 Å². The Morgan fingerprint density at radius 2 is 2.35 bits per heavy atom. The molecule has 0 saturated carbocycles. The number of nitrogens with zero attached hydrogens (tertiary/aromatic N) is 1. The van der Waals surface area contributed by atoms with Crippen molar-refractivity contribution in [3.63, 3.8) is 0 Å². The lowest BCUT2D eigenvalue weighted by molar-refractivity contribution is -0.139. The maximum Gasteiger partial charge on any atom is 0.271 e. The molecule has 0 spiro atoms. The molecule has 17 heavy (non-hydrogen) atoms. The number of carbonyl (C=O) groups is 2. The van der Waals surface area contributed by atoms with E-state index in [9.17, 15) is 9.59 Å². The average molecular weight is 252 g/mol. The molecule has 2 heterocycles. The van der Waals surface area contributed by atoms with Gasteiger partial charge in [-0.25, -0.2) is 0 Å². The summed E-state index contributed by atoms with van der Waals surface area (Å²) in [5, 5.41) is 0.0935. The lowest BCUT2D eigenvalue weighted by Crippen LogP contribution is -2.38. The first-order valence-corrected chi connectivity index (χ1v) is 5.49. The van der Waals surface area contributed by atoms with E-state index in [2.05, 4.69) is 0 Å². The van der Waals surface area contributed by atoms with E-state index < -0.39 is 11.8 Å². The van der Waals surface area contributed by atoms with Crippen LogP contribution in [0.3, 0.4) is 0 Å². The Balaban J connectivity index is 2.06. The molecule has 0 bridgehead atoms. The molecule has 0 aromatic carbocycles. The third-order valence-corrected chi connectivity index (χ3v) is 2.64. The van der Waals surface area contributed by atoms with Crippen LogP contribution in [-0.2, 0) is 9.59 Å². The molecule has 0 atom stereocenters. The number of hydrogen-bond donors (Lipinski definition) is 0. The summed E-state index contributed by atoms with van der Waals surface area (Å²) in [6.07, 6.45) is 6.53. The molecule has 0 saturated heterocycles. The van der Waals surface area contributed by atoms with Gasteiger partial charge in [0.1, 0.15) is 10.8 Å².